The second-order valence-corrected chi connectivity index (χ2v) is 11.0. The van der Waals surface area contributed by atoms with Crippen molar-refractivity contribution in [1.82, 2.24) is 12.3 Å². The summed E-state index contributed by atoms with van der Waals surface area (Å²) in [5.74, 6) is -0.516. The molecule has 0 saturated heterocycles. The number of hydrogen-bond donors (Lipinski definition) is 5. The fourth-order valence-corrected chi connectivity index (χ4v) is 5.51. The summed E-state index contributed by atoms with van der Waals surface area (Å²) in [6, 6.07) is 3.64. The van der Waals surface area contributed by atoms with E-state index in [9.17, 15) is 14.5 Å². The van der Waals surface area contributed by atoms with E-state index in [1.54, 1.807) is 6.07 Å². The van der Waals surface area contributed by atoms with Crippen LogP contribution in [-0.2, 0) is 20.3 Å². The number of allylic oxidation sites excluding steroid dienone is 3. The molecule has 1 aromatic rings. The lowest BCUT2D eigenvalue weighted by Crippen LogP contribution is -2.38. The SMILES string of the molecule is C=C(C)[C@@H]1CCC(C)=C[C@H]1c1c(O)cc(CCCCC)cc1OC(=O)C1CC(OP(=O)(O)O)C1.N.N. The quantitative estimate of drug-likeness (QED) is 0.0772. The molecular weight excluding hydrogens is 483 g/mol. The molecule has 2 aliphatic carbocycles. The number of aromatic hydroxyl groups is 1. The van der Waals surface area contributed by atoms with Crippen molar-refractivity contribution < 1.29 is 33.5 Å². The molecule has 3 rings (SSSR count). The minimum absolute atomic E-state index is 0. The maximum absolute atomic E-state index is 12.9. The van der Waals surface area contributed by atoms with E-state index >= 15 is 0 Å². The standard InChI is InChI=1S/C26H37O7P.2H3N/c1-5-6-7-8-18-12-23(27)25(22-11-17(4)9-10-21(22)16(2)3)24(13-18)32-26(28)19-14-20(15-19)33-34(29,30)31;;/h11-13,19-22,27H,2,5-10,14-15H2,1,3-4H3,(H2,29,30,31);2*1H3/t19?,20?,21-,22+;;/m0../s1. The molecule has 0 unspecified atom stereocenters. The molecule has 0 aromatic heterocycles. The van der Waals surface area contributed by atoms with Gasteiger partial charge in [0.05, 0.1) is 12.0 Å². The van der Waals surface area contributed by atoms with Crippen molar-refractivity contribution in [2.75, 3.05) is 0 Å². The van der Waals surface area contributed by atoms with Gasteiger partial charge in [-0.3, -0.25) is 9.32 Å². The van der Waals surface area contributed by atoms with E-state index in [2.05, 4.69) is 31.0 Å². The number of phenolic OH excluding ortho intramolecular Hbond substituents is 1. The third-order valence-electron chi connectivity index (χ3n) is 6.89. The summed E-state index contributed by atoms with van der Waals surface area (Å²) in [6.45, 7) is 10.3. The Hall–Kier alpha value is -2.00. The monoisotopic (exact) mass is 526 g/mol. The fraction of sp³-hybridized carbons (Fsp3) is 0.577. The second kappa shape index (κ2) is 13.5. The van der Waals surface area contributed by atoms with Gasteiger partial charge in [0.25, 0.3) is 0 Å². The number of unbranched alkanes of at least 4 members (excludes halogenated alkanes) is 2. The smallest absolute Gasteiger partial charge is 0.469 e. The lowest BCUT2D eigenvalue weighted by molar-refractivity contribution is -0.145. The Morgan fingerprint density at radius 3 is 2.44 bits per heavy atom. The summed E-state index contributed by atoms with van der Waals surface area (Å²) in [4.78, 5) is 30.9. The zero-order valence-electron chi connectivity index (χ0n) is 21.7. The number of aryl methyl sites for hydroxylation is 1. The highest BCUT2D eigenvalue weighted by molar-refractivity contribution is 7.46. The normalized spacial score (nSPS) is 23.4. The Balaban J connectivity index is 0.00000324. The van der Waals surface area contributed by atoms with Crippen LogP contribution >= 0.6 is 7.82 Å². The van der Waals surface area contributed by atoms with Crippen molar-refractivity contribution in [1.29, 1.82) is 0 Å². The largest absolute Gasteiger partial charge is 0.507 e. The Kier molecular flexibility index (Phi) is 12.0. The number of ether oxygens (including phenoxy) is 1. The predicted octanol–water partition coefficient (Wildman–Crippen LogP) is 6.26. The maximum Gasteiger partial charge on any atom is 0.469 e. The van der Waals surface area contributed by atoms with Crippen LogP contribution in [0.1, 0.15) is 82.8 Å². The number of benzene rings is 1. The molecule has 36 heavy (non-hydrogen) atoms. The molecule has 1 fully saturated rings. The second-order valence-electron chi connectivity index (χ2n) is 9.82. The van der Waals surface area contributed by atoms with E-state index in [1.165, 1.54) is 5.57 Å². The topological polar surface area (TPSA) is 183 Å². The van der Waals surface area contributed by atoms with Crippen LogP contribution in [0, 0.1) is 11.8 Å². The van der Waals surface area contributed by atoms with Gasteiger partial charge in [0, 0.05) is 11.5 Å². The molecule has 0 bridgehead atoms. The Morgan fingerprint density at radius 2 is 1.86 bits per heavy atom. The molecule has 0 aliphatic heterocycles. The molecule has 2 aliphatic rings. The Bertz CT molecular complexity index is 998. The van der Waals surface area contributed by atoms with Gasteiger partial charge in [-0.2, -0.15) is 0 Å². The zero-order chi connectivity index (χ0) is 25.0. The van der Waals surface area contributed by atoms with Gasteiger partial charge in [0.1, 0.15) is 11.5 Å². The van der Waals surface area contributed by atoms with Gasteiger partial charge in [-0.15, -0.1) is 0 Å². The highest BCUT2D eigenvalue weighted by atomic mass is 31.2. The summed E-state index contributed by atoms with van der Waals surface area (Å²) in [6.07, 6.45) is 7.64. The van der Waals surface area contributed by atoms with Gasteiger partial charge in [0.15, 0.2) is 0 Å². The third kappa shape index (κ3) is 8.26. The molecule has 1 saturated carbocycles. The first-order valence-corrected chi connectivity index (χ1v) is 13.7. The summed E-state index contributed by atoms with van der Waals surface area (Å²) in [5, 5.41) is 11.1. The highest BCUT2D eigenvalue weighted by Crippen LogP contribution is 2.48. The molecule has 0 heterocycles. The fourth-order valence-electron chi connectivity index (χ4n) is 4.95. The molecule has 10 heteroatoms. The number of rotatable bonds is 10. The highest BCUT2D eigenvalue weighted by Gasteiger charge is 2.41. The van der Waals surface area contributed by atoms with Gasteiger partial charge in [-0.1, -0.05) is 43.6 Å². The van der Waals surface area contributed by atoms with Crippen LogP contribution < -0.4 is 17.0 Å². The number of hydrogen-bond acceptors (Lipinski definition) is 7. The van der Waals surface area contributed by atoms with E-state index in [0.717, 1.165) is 49.7 Å². The first kappa shape index (κ1) is 32.0. The van der Waals surface area contributed by atoms with Crippen LogP contribution in [0.2, 0.25) is 0 Å². The number of esters is 1. The number of phenols is 1. The van der Waals surface area contributed by atoms with Gasteiger partial charge >= 0.3 is 13.8 Å². The van der Waals surface area contributed by atoms with Crippen LogP contribution in [0.3, 0.4) is 0 Å². The predicted molar refractivity (Wildman–Crippen MR) is 141 cm³/mol. The zero-order valence-corrected chi connectivity index (χ0v) is 22.6. The Labute approximate surface area is 214 Å². The maximum atomic E-state index is 12.9. The number of carbonyl (C=O) groups is 1. The van der Waals surface area contributed by atoms with Crippen molar-refractivity contribution in [3.05, 3.63) is 47.1 Å². The van der Waals surface area contributed by atoms with Crippen molar-refractivity contribution in [2.45, 2.75) is 84.2 Å². The van der Waals surface area contributed by atoms with Crippen molar-refractivity contribution in [2.24, 2.45) is 11.8 Å². The molecule has 0 amide bonds. The van der Waals surface area contributed by atoms with Crippen molar-refractivity contribution >= 4 is 13.8 Å². The van der Waals surface area contributed by atoms with Crippen LogP contribution in [0.15, 0.2) is 35.9 Å². The number of phosphoric ester groups is 1. The minimum Gasteiger partial charge on any atom is -0.507 e. The first-order valence-electron chi connectivity index (χ1n) is 12.1. The van der Waals surface area contributed by atoms with Crippen molar-refractivity contribution in [3.8, 4) is 11.5 Å². The van der Waals surface area contributed by atoms with Crippen LogP contribution in [0.25, 0.3) is 0 Å². The minimum atomic E-state index is -4.59. The summed E-state index contributed by atoms with van der Waals surface area (Å²) >= 11 is 0. The average Bonchev–Trinajstić information content (AvgIpc) is 2.69. The summed E-state index contributed by atoms with van der Waals surface area (Å²) < 4.78 is 21.6. The van der Waals surface area contributed by atoms with E-state index in [0.29, 0.717) is 11.3 Å². The van der Waals surface area contributed by atoms with Crippen LogP contribution in [0.4, 0.5) is 0 Å². The Morgan fingerprint density at radius 1 is 1.19 bits per heavy atom. The average molecular weight is 527 g/mol. The van der Waals surface area contributed by atoms with Crippen LogP contribution in [-0.4, -0.2) is 27.0 Å². The third-order valence-corrected chi connectivity index (χ3v) is 7.46. The van der Waals surface area contributed by atoms with Crippen molar-refractivity contribution in [3.63, 3.8) is 0 Å². The molecule has 0 radical (unpaired) electrons. The number of phosphoric acid groups is 1. The van der Waals surface area contributed by atoms with E-state index in [1.807, 2.05) is 13.0 Å². The number of carbonyl (C=O) groups excluding carboxylic acids is 1. The molecule has 9 nitrogen and oxygen atoms in total. The molecule has 0 spiro atoms. The molecule has 9 N–H and O–H groups in total. The summed E-state index contributed by atoms with van der Waals surface area (Å²) in [5.41, 5.74) is 3.76. The first-order chi connectivity index (χ1) is 16.0. The van der Waals surface area contributed by atoms with Gasteiger partial charge in [-0.25, -0.2) is 4.57 Å². The molecular formula is C26H43N2O7P. The van der Waals surface area contributed by atoms with Gasteiger partial charge in [0.2, 0.25) is 0 Å². The molecule has 2 atom stereocenters. The molecule has 1 aromatic carbocycles. The molecule has 204 valence electrons. The van der Waals surface area contributed by atoms with E-state index in [-0.39, 0.29) is 42.7 Å². The summed E-state index contributed by atoms with van der Waals surface area (Å²) in [7, 11) is -4.59. The van der Waals surface area contributed by atoms with Gasteiger partial charge < -0.3 is 31.9 Å². The van der Waals surface area contributed by atoms with E-state index < -0.39 is 25.8 Å². The lowest BCUT2D eigenvalue weighted by atomic mass is 9.73. The van der Waals surface area contributed by atoms with Gasteiger partial charge in [-0.05, 0) is 76.0 Å². The van der Waals surface area contributed by atoms with E-state index in [4.69, 9.17) is 14.5 Å². The lowest BCUT2D eigenvalue weighted by Gasteiger charge is -2.34. The van der Waals surface area contributed by atoms with Crippen LogP contribution in [0.5, 0.6) is 11.5 Å².